The van der Waals surface area contributed by atoms with E-state index in [1.807, 2.05) is 0 Å². The molecule has 1 N–H and O–H groups in total. The predicted molar refractivity (Wildman–Crippen MR) is 64.5 cm³/mol. The summed E-state index contributed by atoms with van der Waals surface area (Å²) in [5.74, 6) is -0.463. The molecule has 0 spiro atoms. The third-order valence-corrected chi connectivity index (χ3v) is 2.93. The molecular formula is C12H18FN3O. The fourth-order valence-corrected chi connectivity index (χ4v) is 1.94. The molecule has 1 aliphatic rings. The van der Waals surface area contributed by atoms with Crippen molar-refractivity contribution < 1.29 is 9.13 Å². The third kappa shape index (κ3) is 3.64. The first-order valence-electron chi connectivity index (χ1n) is 5.97. The summed E-state index contributed by atoms with van der Waals surface area (Å²) < 4.78 is 18.5. The van der Waals surface area contributed by atoms with Gasteiger partial charge in [-0.1, -0.05) is 6.92 Å². The molecule has 0 radical (unpaired) electrons. The van der Waals surface area contributed by atoms with Crippen LogP contribution in [0.5, 0.6) is 0 Å². The molecule has 5 heteroatoms. The summed E-state index contributed by atoms with van der Waals surface area (Å²) >= 11 is 0. The highest BCUT2D eigenvalue weighted by Crippen LogP contribution is 2.09. The Bertz CT molecular complexity index is 361. The molecule has 1 aliphatic heterocycles. The quantitative estimate of drug-likeness (QED) is 0.805. The Labute approximate surface area is 101 Å². The first kappa shape index (κ1) is 12.3. The molecular weight excluding hydrogens is 221 g/mol. The van der Waals surface area contributed by atoms with Crippen molar-refractivity contribution in [3.8, 4) is 0 Å². The van der Waals surface area contributed by atoms with Gasteiger partial charge in [-0.25, -0.2) is 4.98 Å². The minimum atomic E-state index is -0.463. The van der Waals surface area contributed by atoms with E-state index in [0.29, 0.717) is 6.54 Å². The molecule has 0 aliphatic carbocycles. The van der Waals surface area contributed by atoms with Crippen LogP contribution in [0.15, 0.2) is 18.3 Å². The van der Waals surface area contributed by atoms with Crippen molar-refractivity contribution in [3.05, 3.63) is 24.3 Å². The third-order valence-electron chi connectivity index (χ3n) is 2.93. The van der Waals surface area contributed by atoms with Gasteiger partial charge in [0.1, 0.15) is 0 Å². The number of pyridine rings is 1. The van der Waals surface area contributed by atoms with Crippen LogP contribution in [0.3, 0.4) is 0 Å². The minimum Gasteiger partial charge on any atom is -0.382 e. The normalized spacial score (nSPS) is 21.4. The van der Waals surface area contributed by atoms with E-state index in [1.165, 1.54) is 12.3 Å². The van der Waals surface area contributed by atoms with Gasteiger partial charge < -0.3 is 10.1 Å². The van der Waals surface area contributed by atoms with Gasteiger partial charge >= 0.3 is 0 Å². The van der Waals surface area contributed by atoms with Crippen LogP contribution in [-0.2, 0) is 4.74 Å². The highest BCUT2D eigenvalue weighted by Gasteiger charge is 2.18. The average molecular weight is 239 g/mol. The number of aromatic nitrogens is 1. The highest BCUT2D eigenvalue weighted by molar-refractivity contribution is 5.41. The Balaban J connectivity index is 1.81. The standard InChI is InChI=1S/C12H18FN3O/c1-2-16-5-6-17-11(9-16)8-15-10-3-4-14-12(13)7-10/h3-4,7,11H,2,5-6,8-9H2,1H3,(H,14,15). The van der Waals surface area contributed by atoms with Crippen molar-refractivity contribution in [3.63, 3.8) is 0 Å². The fourth-order valence-electron chi connectivity index (χ4n) is 1.94. The molecule has 4 nitrogen and oxygen atoms in total. The van der Waals surface area contributed by atoms with Gasteiger partial charge in [0, 0.05) is 37.6 Å². The molecule has 1 atom stereocenters. The zero-order chi connectivity index (χ0) is 12.1. The van der Waals surface area contributed by atoms with Crippen molar-refractivity contribution in [2.75, 3.05) is 38.1 Å². The lowest BCUT2D eigenvalue weighted by Gasteiger charge is -2.32. The van der Waals surface area contributed by atoms with E-state index in [1.54, 1.807) is 6.07 Å². The number of rotatable bonds is 4. The second-order valence-corrected chi connectivity index (χ2v) is 4.13. The molecule has 0 bridgehead atoms. The van der Waals surface area contributed by atoms with Gasteiger partial charge in [-0.15, -0.1) is 0 Å². The Hall–Kier alpha value is -1.20. The van der Waals surface area contributed by atoms with E-state index >= 15 is 0 Å². The maximum Gasteiger partial charge on any atom is 0.214 e. The van der Waals surface area contributed by atoms with Crippen LogP contribution in [0.2, 0.25) is 0 Å². The Morgan fingerprint density at radius 2 is 2.53 bits per heavy atom. The van der Waals surface area contributed by atoms with E-state index < -0.39 is 5.95 Å². The van der Waals surface area contributed by atoms with Crippen LogP contribution in [0, 0.1) is 5.95 Å². The summed E-state index contributed by atoms with van der Waals surface area (Å²) in [6.07, 6.45) is 1.62. The van der Waals surface area contributed by atoms with Crippen LogP contribution in [0.1, 0.15) is 6.92 Å². The molecule has 0 amide bonds. The number of nitrogens with zero attached hydrogens (tertiary/aromatic N) is 2. The smallest absolute Gasteiger partial charge is 0.214 e. The van der Waals surface area contributed by atoms with Crippen molar-refractivity contribution in [1.29, 1.82) is 0 Å². The monoisotopic (exact) mass is 239 g/mol. The predicted octanol–water partition coefficient (Wildman–Crippen LogP) is 1.35. The van der Waals surface area contributed by atoms with E-state index in [-0.39, 0.29) is 6.10 Å². The number of nitrogens with one attached hydrogen (secondary N) is 1. The van der Waals surface area contributed by atoms with E-state index in [2.05, 4.69) is 22.1 Å². The number of likely N-dealkylation sites (N-methyl/N-ethyl adjacent to an activating group) is 1. The summed E-state index contributed by atoms with van der Waals surface area (Å²) in [7, 11) is 0. The van der Waals surface area contributed by atoms with Gasteiger partial charge in [0.15, 0.2) is 0 Å². The summed E-state index contributed by atoms with van der Waals surface area (Å²) in [4.78, 5) is 5.86. The second kappa shape index (κ2) is 5.93. The molecule has 1 aromatic heterocycles. The molecule has 0 aromatic carbocycles. The van der Waals surface area contributed by atoms with Gasteiger partial charge in [0.25, 0.3) is 0 Å². The molecule has 2 heterocycles. The summed E-state index contributed by atoms with van der Waals surface area (Å²) in [5.41, 5.74) is 0.745. The molecule has 0 saturated carbocycles. The number of morpholine rings is 1. The highest BCUT2D eigenvalue weighted by atomic mass is 19.1. The molecule has 1 saturated heterocycles. The van der Waals surface area contributed by atoms with Crippen molar-refractivity contribution in [1.82, 2.24) is 9.88 Å². The van der Waals surface area contributed by atoms with E-state index in [9.17, 15) is 4.39 Å². The van der Waals surface area contributed by atoms with Crippen LogP contribution in [0.4, 0.5) is 10.1 Å². The fraction of sp³-hybridized carbons (Fsp3) is 0.583. The Morgan fingerprint density at radius 3 is 3.29 bits per heavy atom. The average Bonchev–Trinajstić information content (AvgIpc) is 2.37. The maximum atomic E-state index is 12.9. The van der Waals surface area contributed by atoms with Crippen LogP contribution in [0.25, 0.3) is 0 Å². The van der Waals surface area contributed by atoms with Crippen molar-refractivity contribution >= 4 is 5.69 Å². The largest absolute Gasteiger partial charge is 0.382 e. The molecule has 94 valence electrons. The number of halogens is 1. The van der Waals surface area contributed by atoms with Gasteiger partial charge in [-0.05, 0) is 12.6 Å². The molecule has 1 aromatic rings. The summed E-state index contributed by atoms with van der Waals surface area (Å²) in [6, 6.07) is 3.14. The summed E-state index contributed by atoms with van der Waals surface area (Å²) in [5, 5.41) is 3.17. The number of anilines is 1. The lowest BCUT2D eigenvalue weighted by atomic mass is 10.2. The van der Waals surface area contributed by atoms with E-state index in [0.717, 1.165) is 31.9 Å². The van der Waals surface area contributed by atoms with Crippen LogP contribution < -0.4 is 5.32 Å². The Kier molecular flexibility index (Phi) is 4.28. The first-order chi connectivity index (χ1) is 8.28. The van der Waals surface area contributed by atoms with Crippen LogP contribution in [-0.4, -0.2) is 48.8 Å². The minimum absolute atomic E-state index is 0.167. The van der Waals surface area contributed by atoms with Crippen LogP contribution >= 0.6 is 0 Å². The molecule has 1 fully saturated rings. The second-order valence-electron chi connectivity index (χ2n) is 4.13. The zero-order valence-corrected chi connectivity index (χ0v) is 10.0. The van der Waals surface area contributed by atoms with Crippen molar-refractivity contribution in [2.24, 2.45) is 0 Å². The first-order valence-corrected chi connectivity index (χ1v) is 5.97. The molecule has 2 rings (SSSR count). The van der Waals surface area contributed by atoms with Gasteiger partial charge in [0.05, 0.1) is 12.7 Å². The topological polar surface area (TPSA) is 37.4 Å². The van der Waals surface area contributed by atoms with Gasteiger partial charge in [-0.3, -0.25) is 4.90 Å². The lowest BCUT2D eigenvalue weighted by molar-refractivity contribution is -0.0191. The Morgan fingerprint density at radius 1 is 1.65 bits per heavy atom. The molecule has 1 unspecified atom stereocenters. The number of hydrogen-bond donors (Lipinski definition) is 1. The SMILES string of the molecule is CCN1CCOC(CNc2ccnc(F)c2)C1. The number of ether oxygens (including phenoxy) is 1. The van der Waals surface area contributed by atoms with Gasteiger partial charge in [-0.2, -0.15) is 4.39 Å². The molecule has 17 heavy (non-hydrogen) atoms. The zero-order valence-electron chi connectivity index (χ0n) is 10.0. The summed E-state index contributed by atoms with van der Waals surface area (Å²) in [6.45, 7) is 6.58. The maximum absolute atomic E-state index is 12.9. The van der Waals surface area contributed by atoms with Crippen molar-refractivity contribution in [2.45, 2.75) is 13.0 Å². The van der Waals surface area contributed by atoms with E-state index in [4.69, 9.17) is 4.74 Å². The lowest BCUT2D eigenvalue weighted by Crippen LogP contribution is -2.45. The van der Waals surface area contributed by atoms with Gasteiger partial charge in [0.2, 0.25) is 5.95 Å². The number of hydrogen-bond acceptors (Lipinski definition) is 4.